The molecular formula is C36H26FN3O3. The van der Waals surface area contributed by atoms with E-state index in [1.54, 1.807) is 24.3 Å². The molecule has 0 aliphatic rings. The van der Waals surface area contributed by atoms with Crippen LogP contribution < -0.4 is 5.32 Å². The number of nitriles is 1. The molecule has 6 nitrogen and oxygen atoms in total. The number of aromatic nitrogens is 1. The molecule has 0 aliphatic heterocycles. The lowest BCUT2D eigenvalue weighted by atomic mass is 9.98. The number of halogens is 1. The fourth-order valence-electron chi connectivity index (χ4n) is 5.45. The average molecular weight is 568 g/mol. The molecule has 6 aromatic rings. The molecule has 1 atom stereocenters. The summed E-state index contributed by atoms with van der Waals surface area (Å²) in [5.41, 5.74) is 4.39. The van der Waals surface area contributed by atoms with Crippen molar-refractivity contribution >= 4 is 33.6 Å². The number of aromatic carboxylic acids is 1. The van der Waals surface area contributed by atoms with Crippen molar-refractivity contribution in [3.63, 3.8) is 0 Å². The number of hydrogen-bond donors (Lipinski definition) is 2. The van der Waals surface area contributed by atoms with Crippen LogP contribution in [-0.2, 0) is 6.54 Å². The number of nitrogens with zero attached hydrogens (tertiary/aromatic N) is 2. The first-order valence-electron chi connectivity index (χ1n) is 13.7. The third-order valence-electron chi connectivity index (χ3n) is 7.64. The first-order chi connectivity index (χ1) is 20.8. The Hall–Kier alpha value is -5.74. The number of amides is 1. The number of carboxylic acid groups (broad SMARTS) is 1. The van der Waals surface area contributed by atoms with Gasteiger partial charge in [-0.15, -0.1) is 0 Å². The number of hydrogen-bond acceptors (Lipinski definition) is 3. The zero-order valence-electron chi connectivity index (χ0n) is 23.2. The zero-order chi connectivity index (χ0) is 30.1. The molecule has 0 aliphatic carbocycles. The Balaban J connectivity index is 1.42. The normalized spacial score (nSPS) is 11.7. The quantitative estimate of drug-likeness (QED) is 0.207. The molecule has 0 fully saturated rings. The molecule has 1 amide bonds. The Morgan fingerprint density at radius 1 is 0.884 bits per heavy atom. The Morgan fingerprint density at radius 2 is 1.63 bits per heavy atom. The molecule has 2 N–H and O–H groups in total. The van der Waals surface area contributed by atoms with Gasteiger partial charge in [0.05, 0.1) is 34.3 Å². The monoisotopic (exact) mass is 567 g/mol. The molecule has 5 aromatic carbocycles. The molecule has 7 heteroatoms. The van der Waals surface area contributed by atoms with Crippen molar-refractivity contribution in [1.82, 2.24) is 9.88 Å². The topological polar surface area (TPSA) is 95.1 Å². The summed E-state index contributed by atoms with van der Waals surface area (Å²) >= 11 is 0. The van der Waals surface area contributed by atoms with Gasteiger partial charge in [0.25, 0.3) is 5.91 Å². The van der Waals surface area contributed by atoms with Crippen LogP contribution in [0.2, 0.25) is 0 Å². The molecule has 0 bridgehead atoms. The third-order valence-corrected chi connectivity index (χ3v) is 7.64. The predicted octanol–water partition coefficient (Wildman–Crippen LogP) is 7.71. The number of nitrogens with one attached hydrogen (secondary N) is 1. The first-order valence-corrected chi connectivity index (χ1v) is 13.7. The maximum absolute atomic E-state index is 14.4. The van der Waals surface area contributed by atoms with E-state index in [9.17, 15) is 24.3 Å². The van der Waals surface area contributed by atoms with Crippen molar-refractivity contribution in [2.45, 2.75) is 19.5 Å². The minimum absolute atomic E-state index is 0.162. The molecular weight excluding hydrogens is 541 g/mol. The van der Waals surface area contributed by atoms with Crippen LogP contribution in [0.25, 0.3) is 32.8 Å². The molecule has 0 radical (unpaired) electrons. The summed E-state index contributed by atoms with van der Waals surface area (Å²) in [7, 11) is 0. The standard InChI is InChI=1S/C36H26FN3O3/c1-22(25-8-10-27(11-9-25)36(42)43)39-35(41)33-19-31(30-15-24(20-38)16-32(37)18-30)17-29-12-13-40(34(29)33)21-23-6-7-26-4-2-3-5-28(26)14-23/h2-19,22H,21H2,1H3,(H,39,41)(H,42,43)/t22-/m0/s1. The molecule has 0 saturated carbocycles. The second-order valence-electron chi connectivity index (χ2n) is 10.5. The van der Waals surface area contributed by atoms with Gasteiger partial charge in [-0.3, -0.25) is 4.79 Å². The molecule has 0 spiro atoms. The third kappa shape index (κ3) is 5.59. The van der Waals surface area contributed by atoms with Gasteiger partial charge in [-0.2, -0.15) is 5.26 Å². The highest BCUT2D eigenvalue weighted by atomic mass is 19.1. The summed E-state index contributed by atoms with van der Waals surface area (Å²) in [6.07, 6.45) is 1.93. The minimum Gasteiger partial charge on any atom is -0.478 e. The summed E-state index contributed by atoms with van der Waals surface area (Å²) in [6.45, 7) is 2.35. The van der Waals surface area contributed by atoms with Crippen molar-refractivity contribution in [2.24, 2.45) is 0 Å². The zero-order valence-corrected chi connectivity index (χ0v) is 23.2. The summed E-state index contributed by atoms with van der Waals surface area (Å²) in [5, 5.41) is 24.7. The van der Waals surface area contributed by atoms with Crippen LogP contribution in [0.5, 0.6) is 0 Å². The average Bonchev–Trinajstić information content (AvgIpc) is 3.42. The van der Waals surface area contributed by atoms with Crippen LogP contribution in [0.1, 0.15) is 50.4 Å². The number of rotatable bonds is 7. The number of carbonyl (C=O) groups excluding carboxylic acids is 1. The van der Waals surface area contributed by atoms with Crippen molar-refractivity contribution in [1.29, 1.82) is 5.26 Å². The lowest BCUT2D eigenvalue weighted by Gasteiger charge is -2.17. The van der Waals surface area contributed by atoms with Crippen LogP contribution in [0.3, 0.4) is 0 Å². The van der Waals surface area contributed by atoms with E-state index in [4.69, 9.17) is 0 Å². The highest BCUT2D eigenvalue weighted by Crippen LogP contribution is 2.31. The molecule has 1 heterocycles. The summed E-state index contributed by atoms with van der Waals surface area (Å²) in [5.74, 6) is -1.89. The van der Waals surface area contributed by atoms with E-state index in [1.807, 2.05) is 48.0 Å². The number of fused-ring (bicyclic) bond motifs is 2. The molecule has 6 rings (SSSR count). The Kier molecular flexibility index (Phi) is 7.19. The van der Waals surface area contributed by atoms with Gasteiger partial charge in [-0.1, -0.05) is 48.5 Å². The number of benzene rings is 5. The highest BCUT2D eigenvalue weighted by molar-refractivity contribution is 6.08. The van der Waals surface area contributed by atoms with E-state index < -0.39 is 17.8 Å². The Bertz CT molecular complexity index is 2070. The van der Waals surface area contributed by atoms with Crippen LogP contribution >= 0.6 is 0 Å². The fourth-order valence-corrected chi connectivity index (χ4v) is 5.45. The Morgan fingerprint density at radius 3 is 2.37 bits per heavy atom. The van der Waals surface area contributed by atoms with E-state index in [0.717, 1.165) is 32.8 Å². The van der Waals surface area contributed by atoms with Gasteiger partial charge in [0, 0.05) is 18.1 Å². The number of carboxylic acids is 1. The fraction of sp³-hybridized carbons (Fsp3) is 0.0833. The maximum atomic E-state index is 14.4. The van der Waals surface area contributed by atoms with Crippen LogP contribution in [-0.4, -0.2) is 21.6 Å². The molecule has 210 valence electrons. The largest absolute Gasteiger partial charge is 0.478 e. The second kappa shape index (κ2) is 11.3. The Labute approximate surface area is 247 Å². The predicted molar refractivity (Wildman–Crippen MR) is 164 cm³/mol. The molecule has 0 saturated heterocycles. The van der Waals surface area contributed by atoms with Crippen molar-refractivity contribution in [3.05, 3.63) is 143 Å². The smallest absolute Gasteiger partial charge is 0.335 e. The summed E-state index contributed by atoms with van der Waals surface area (Å²) in [4.78, 5) is 25.2. The van der Waals surface area contributed by atoms with Gasteiger partial charge in [-0.25, -0.2) is 9.18 Å². The SMILES string of the molecule is C[C@H](NC(=O)c1cc(-c2cc(F)cc(C#N)c2)cc2ccn(Cc3ccc4ccccc4c3)c12)c1ccc(C(=O)O)cc1. The van der Waals surface area contributed by atoms with E-state index in [-0.39, 0.29) is 17.0 Å². The first kappa shape index (κ1) is 27.4. The van der Waals surface area contributed by atoms with Gasteiger partial charge in [-0.05, 0) is 94.5 Å². The van der Waals surface area contributed by atoms with Crippen LogP contribution in [0.15, 0.2) is 109 Å². The molecule has 0 unspecified atom stereocenters. The van der Waals surface area contributed by atoms with Gasteiger partial charge in [0.2, 0.25) is 0 Å². The van der Waals surface area contributed by atoms with Gasteiger partial charge in [0.15, 0.2) is 0 Å². The maximum Gasteiger partial charge on any atom is 0.335 e. The summed E-state index contributed by atoms with van der Waals surface area (Å²) < 4.78 is 16.4. The minimum atomic E-state index is -1.02. The van der Waals surface area contributed by atoms with E-state index >= 15 is 0 Å². The van der Waals surface area contributed by atoms with Crippen molar-refractivity contribution in [2.75, 3.05) is 0 Å². The lowest BCUT2D eigenvalue weighted by molar-refractivity contribution is 0.0696. The van der Waals surface area contributed by atoms with Crippen LogP contribution in [0.4, 0.5) is 4.39 Å². The van der Waals surface area contributed by atoms with E-state index in [1.165, 1.54) is 24.3 Å². The van der Waals surface area contributed by atoms with Crippen molar-refractivity contribution in [3.8, 4) is 17.2 Å². The molecule has 43 heavy (non-hydrogen) atoms. The van der Waals surface area contributed by atoms with Crippen molar-refractivity contribution < 1.29 is 19.1 Å². The highest BCUT2D eigenvalue weighted by Gasteiger charge is 2.20. The van der Waals surface area contributed by atoms with E-state index in [2.05, 4.69) is 35.6 Å². The van der Waals surface area contributed by atoms with Gasteiger partial charge >= 0.3 is 5.97 Å². The van der Waals surface area contributed by atoms with Crippen LogP contribution in [0, 0.1) is 17.1 Å². The van der Waals surface area contributed by atoms with E-state index in [0.29, 0.717) is 23.2 Å². The summed E-state index contributed by atoms with van der Waals surface area (Å²) in [6, 6.07) is 32.0. The molecule has 1 aromatic heterocycles. The second-order valence-corrected chi connectivity index (χ2v) is 10.5. The lowest BCUT2D eigenvalue weighted by Crippen LogP contribution is -2.27. The van der Waals surface area contributed by atoms with Gasteiger partial charge in [0.1, 0.15) is 5.82 Å². The number of carbonyl (C=O) groups is 2. The van der Waals surface area contributed by atoms with Gasteiger partial charge < -0.3 is 15.0 Å².